The highest BCUT2D eigenvalue weighted by molar-refractivity contribution is 7.99. The predicted octanol–water partition coefficient (Wildman–Crippen LogP) is 3.09. The zero-order valence-corrected chi connectivity index (χ0v) is 9.25. The molecular formula is C11H8FNO2S. The van der Waals surface area contributed by atoms with E-state index in [0.29, 0.717) is 22.0 Å². The molecule has 0 amide bonds. The number of hydrogen-bond donors (Lipinski definition) is 0. The van der Waals surface area contributed by atoms with Gasteiger partial charge in [-0.15, -0.1) is 0 Å². The lowest BCUT2D eigenvalue weighted by Gasteiger charge is -2.00. The van der Waals surface area contributed by atoms with Crippen LogP contribution >= 0.6 is 11.8 Å². The van der Waals surface area contributed by atoms with Crippen LogP contribution in [0.2, 0.25) is 0 Å². The maximum absolute atomic E-state index is 12.9. The van der Waals surface area contributed by atoms with Crippen molar-refractivity contribution in [3.05, 3.63) is 41.5 Å². The molecule has 0 saturated carbocycles. The average Bonchev–Trinajstić information content (AvgIpc) is 2.67. The van der Waals surface area contributed by atoms with E-state index in [-0.39, 0.29) is 0 Å². The van der Waals surface area contributed by atoms with Gasteiger partial charge in [0.05, 0.1) is 5.69 Å². The van der Waals surface area contributed by atoms with Gasteiger partial charge in [0.1, 0.15) is 12.1 Å². The van der Waals surface area contributed by atoms with Gasteiger partial charge in [0.15, 0.2) is 6.29 Å². The first-order valence-corrected chi connectivity index (χ1v) is 5.35. The number of aromatic nitrogens is 1. The third-order valence-corrected chi connectivity index (χ3v) is 2.85. The second kappa shape index (κ2) is 4.49. The van der Waals surface area contributed by atoms with Gasteiger partial charge in [0.2, 0.25) is 0 Å². The molecule has 5 heteroatoms. The van der Waals surface area contributed by atoms with Gasteiger partial charge in [0, 0.05) is 10.5 Å². The van der Waals surface area contributed by atoms with Crippen molar-refractivity contribution in [2.45, 2.75) is 17.0 Å². The number of carbonyl (C=O) groups excluding carboxylic acids is 1. The Kier molecular flexibility index (Phi) is 3.05. The van der Waals surface area contributed by atoms with Gasteiger partial charge in [-0.25, -0.2) is 9.37 Å². The first-order chi connectivity index (χ1) is 7.69. The summed E-state index contributed by atoms with van der Waals surface area (Å²) >= 11 is 1.19. The van der Waals surface area contributed by atoms with Crippen molar-refractivity contribution in [1.82, 2.24) is 4.98 Å². The molecule has 1 aromatic carbocycles. The van der Waals surface area contributed by atoms with Gasteiger partial charge < -0.3 is 4.42 Å². The van der Waals surface area contributed by atoms with Crippen LogP contribution in [0.25, 0.3) is 0 Å². The molecule has 0 spiro atoms. The number of nitrogens with zero attached hydrogens (tertiary/aromatic N) is 1. The molecule has 0 atom stereocenters. The first-order valence-electron chi connectivity index (χ1n) is 4.54. The maximum Gasteiger partial charge on any atom is 0.260 e. The van der Waals surface area contributed by atoms with Gasteiger partial charge in [-0.2, -0.15) is 0 Å². The normalized spacial score (nSPS) is 10.4. The van der Waals surface area contributed by atoms with Crippen LogP contribution in [0, 0.1) is 12.7 Å². The Bertz CT molecular complexity index is 524. The molecule has 1 aromatic heterocycles. The number of hydrogen-bond acceptors (Lipinski definition) is 4. The minimum atomic E-state index is -0.435. The number of halogens is 1. The molecular weight excluding hydrogens is 229 g/mol. The van der Waals surface area contributed by atoms with Crippen LogP contribution in [0.3, 0.4) is 0 Å². The molecule has 0 N–H and O–H groups in total. The highest BCUT2D eigenvalue weighted by Crippen LogP contribution is 2.29. The molecule has 0 saturated heterocycles. The van der Waals surface area contributed by atoms with E-state index >= 15 is 0 Å². The van der Waals surface area contributed by atoms with Crippen molar-refractivity contribution >= 4 is 18.0 Å². The van der Waals surface area contributed by atoms with E-state index in [9.17, 15) is 9.18 Å². The zero-order chi connectivity index (χ0) is 11.5. The minimum Gasteiger partial charge on any atom is -0.439 e. The highest BCUT2D eigenvalue weighted by atomic mass is 32.2. The fourth-order valence-corrected chi connectivity index (χ4v) is 2.01. The predicted molar refractivity (Wildman–Crippen MR) is 57.2 cm³/mol. The van der Waals surface area contributed by atoms with Gasteiger partial charge >= 0.3 is 0 Å². The lowest BCUT2D eigenvalue weighted by Crippen LogP contribution is -1.87. The van der Waals surface area contributed by atoms with Crippen molar-refractivity contribution < 1.29 is 13.6 Å². The lowest BCUT2D eigenvalue weighted by molar-refractivity contribution is 0.112. The molecule has 16 heavy (non-hydrogen) atoms. The minimum absolute atomic E-state index is 0.292. The third-order valence-electron chi connectivity index (χ3n) is 1.89. The molecule has 0 aliphatic carbocycles. The summed E-state index contributed by atoms with van der Waals surface area (Å²) in [6.45, 7) is 1.80. The average molecular weight is 237 g/mol. The van der Waals surface area contributed by atoms with Crippen molar-refractivity contribution in [3.63, 3.8) is 0 Å². The van der Waals surface area contributed by atoms with E-state index in [1.807, 2.05) is 0 Å². The fourth-order valence-electron chi connectivity index (χ4n) is 1.18. The van der Waals surface area contributed by atoms with Crippen LogP contribution < -0.4 is 0 Å². The van der Waals surface area contributed by atoms with E-state index in [2.05, 4.69) is 4.98 Å². The molecule has 0 bridgehead atoms. The van der Waals surface area contributed by atoms with Crippen LogP contribution in [0.4, 0.5) is 4.39 Å². The van der Waals surface area contributed by atoms with E-state index in [1.165, 1.54) is 36.2 Å². The van der Waals surface area contributed by atoms with Gasteiger partial charge in [-0.1, -0.05) is 0 Å². The summed E-state index contributed by atoms with van der Waals surface area (Å²) in [5, 5.41) is 0.437. The summed E-state index contributed by atoms with van der Waals surface area (Å²) < 4.78 is 18.0. The molecule has 0 aliphatic heterocycles. The molecule has 82 valence electrons. The zero-order valence-electron chi connectivity index (χ0n) is 8.44. The topological polar surface area (TPSA) is 43.1 Å². The summed E-state index contributed by atoms with van der Waals surface area (Å²) in [5.74, 6) is -0.435. The Morgan fingerprint density at radius 3 is 2.94 bits per heavy atom. The number of carbonyl (C=O) groups is 1. The number of oxazole rings is 1. The summed E-state index contributed by atoms with van der Waals surface area (Å²) in [6, 6.07) is 4.01. The Morgan fingerprint density at radius 1 is 1.50 bits per heavy atom. The van der Waals surface area contributed by atoms with E-state index in [4.69, 9.17) is 4.42 Å². The molecule has 1 heterocycles. The fraction of sp³-hybridized carbons (Fsp3) is 0.0909. The quantitative estimate of drug-likeness (QED) is 0.769. The van der Waals surface area contributed by atoms with Crippen LogP contribution in [0.1, 0.15) is 16.1 Å². The van der Waals surface area contributed by atoms with Gasteiger partial charge in [-0.05, 0) is 36.9 Å². The Labute approximate surface area is 95.7 Å². The highest BCUT2D eigenvalue weighted by Gasteiger charge is 2.08. The second-order valence-electron chi connectivity index (χ2n) is 3.16. The van der Waals surface area contributed by atoms with Crippen LogP contribution in [-0.4, -0.2) is 11.3 Å². The largest absolute Gasteiger partial charge is 0.439 e. The van der Waals surface area contributed by atoms with Crippen LogP contribution in [0.15, 0.2) is 39.0 Å². The van der Waals surface area contributed by atoms with Crippen molar-refractivity contribution in [3.8, 4) is 0 Å². The van der Waals surface area contributed by atoms with Crippen LogP contribution in [0.5, 0.6) is 0 Å². The maximum atomic E-state index is 12.9. The van der Waals surface area contributed by atoms with Crippen molar-refractivity contribution in [2.75, 3.05) is 0 Å². The third kappa shape index (κ3) is 2.30. The monoisotopic (exact) mass is 237 g/mol. The number of aldehydes is 1. The SMILES string of the molecule is Cc1coc(Sc2ccc(F)cc2C=O)n1. The van der Waals surface area contributed by atoms with E-state index in [1.54, 1.807) is 6.92 Å². The standard InChI is InChI=1S/C11H8FNO2S/c1-7-6-15-11(13-7)16-10-3-2-9(12)4-8(10)5-14/h2-6H,1H3. The molecule has 0 radical (unpaired) electrons. The van der Waals surface area contributed by atoms with E-state index < -0.39 is 5.82 Å². The number of rotatable bonds is 3. The Balaban J connectivity index is 2.30. The molecule has 2 aromatic rings. The van der Waals surface area contributed by atoms with Crippen molar-refractivity contribution in [1.29, 1.82) is 0 Å². The molecule has 0 fully saturated rings. The number of benzene rings is 1. The molecule has 3 nitrogen and oxygen atoms in total. The number of aryl methyl sites for hydroxylation is 1. The van der Waals surface area contributed by atoms with Crippen molar-refractivity contribution in [2.24, 2.45) is 0 Å². The smallest absolute Gasteiger partial charge is 0.260 e. The van der Waals surface area contributed by atoms with Gasteiger partial charge in [-0.3, -0.25) is 4.79 Å². The summed E-state index contributed by atoms with van der Waals surface area (Å²) in [4.78, 5) is 15.5. The Hall–Kier alpha value is -1.62. The van der Waals surface area contributed by atoms with E-state index in [0.717, 1.165) is 5.69 Å². The molecule has 0 aliphatic rings. The van der Waals surface area contributed by atoms with Gasteiger partial charge in [0.25, 0.3) is 5.22 Å². The molecule has 0 unspecified atom stereocenters. The lowest BCUT2D eigenvalue weighted by atomic mass is 10.2. The summed E-state index contributed by atoms with van der Waals surface area (Å²) in [6.07, 6.45) is 2.13. The Morgan fingerprint density at radius 2 is 2.31 bits per heavy atom. The first kappa shape index (κ1) is 10.9. The summed E-state index contributed by atoms with van der Waals surface area (Å²) in [7, 11) is 0. The molecule has 2 rings (SSSR count). The summed E-state index contributed by atoms with van der Waals surface area (Å²) in [5.41, 5.74) is 1.05. The second-order valence-corrected chi connectivity index (χ2v) is 4.15. The van der Waals surface area contributed by atoms with Crippen LogP contribution in [-0.2, 0) is 0 Å².